The van der Waals surface area contributed by atoms with Gasteiger partial charge in [0.15, 0.2) is 0 Å². The zero-order chi connectivity index (χ0) is 13.8. The number of rotatable bonds is 7. The molecule has 19 heavy (non-hydrogen) atoms. The van der Waals surface area contributed by atoms with Gasteiger partial charge in [0.25, 0.3) is 5.91 Å². The molecule has 1 N–H and O–H groups in total. The smallest absolute Gasteiger partial charge is 0.323 e. The van der Waals surface area contributed by atoms with Crippen LogP contribution < -0.4 is 0 Å². The van der Waals surface area contributed by atoms with Crippen LogP contribution in [0.25, 0.3) is 0 Å². The van der Waals surface area contributed by atoms with E-state index in [0.29, 0.717) is 11.6 Å². The normalized spacial score (nSPS) is 14.4. The summed E-state index contributed by atoms with van der Waals surface area (Å²) in [6.07, 6.45) is 4.95. The van der Waals surface area contributed by atoms with E-state index in [1.807, 2.05) is 11.8 Å². The average molecular weight is 264 g/mol. The van der Waals surface area contributed by atoms with Crippen LogP contribution in [0.1, 0.15) is 36.7 Å². The maximum absolute atomic E-state index is 12.5. The van der Waals surface area contributed by atoms with Crippen LogP contribution in [-0.4, -0.2) is 39.5 Å². The number of carboxylic acid groups (broad SMARTS) is 1. The highest BCUT2D eigenvalue weighted by Crippen LogP contribution is 2.30. The fraction of sp³-hybridized carbons (Fsp3) is 0.571. The fourth-order valence-electron chi connectivity index (χ4n) is 2.21. The number of amides is 1. The first-order chi connectivity index (χ1) is 9.11. The minimum absolute atomic E-state index is 0.0556. The summed E-state index contributed by atoms with van der Waals surface area (Å²) in [5.41, 5.74) is 0.469. The zero-order valence-corrected chi connectivity index (χ0v) is 11.2. The molecule has 1 aromatic rings. The van der Waals surface area contributed by atoms with Gasteiger partial charge >= 0.3 is 5.97 Å². The number of aromatic nitrogens is 1. The van der Waals surface area contributed by atoms with Crippen LogP contribution in [0.15, 0.2) is 18.3 Å². The molecule has 1 heterocycles. The maximum atomic E-state index is 12.5. The third-order valence-electron chi connectivity index (χ3n) is 3.31. The van der Waals surface area contributed by atoms with E-state index < -0.39 is 5.97 Å². The third kappa shape index (κ3) is 3.59. The van der Waals surface area contributed by atoms with E-state index in [1.54, 1.807) is 18.3 Å². The molecule has 1 aromatic heterocycles. The second-order valence-corrected chi connectivity index (χ2v) is 5.11. The Morgan fingerprint density at radius 3 is 2.79 bits per heavy atom. The topological polar surface area (TPSA) is 62.5 Å². The van der Waals surface area contributed by atoms with Crippen molar-refractivity contribution in [2.45, 2.75) is 32.7 Å². The molecule has 5 heteroatoms. The molecule has 0 radical (unpaired) electrons. The first-order valence-electron chi connectivity index (χ1n) is 6.78. The first kappa shape index (κ1) is 13.6. The van der Waals surface area contributed by atoms with Gasteiger partial charge in [-0.15, -0.1) is 0 Å². The van der Waals surface area contributed by atoms with Gasteiger partial charge in [-0.2, -0.15) is 0 Å². The van der Waals surface area contributed by atoms with Crippen molar-refractivity contribution in [3.8, 4) is 0 Å². The summed E-state index contributed by atoms with van der Waals surface area (Å²) in [7, 11) is 0. The van der Waals surface area contributed by atoms with Gasteiger partial charge in [0.2, 0.25) is 0 Å². The molecule has 0 aliphatic heterocycles. The van der Waals surface area contributed by atoms with Gasteiger partial charge in [0.05, 0.1) is 0 Å². The van der Waals surface area contributed by atoms with E-state index in [9.17, 15) is 9.59 Å². The summed E-state index contributed by atoms with van der Waals surface area (Å²) in [5.74, 6) is -0.354. The first-order valence-corrected chi connectivity index (χ1v) is 6.78. The monoisotopic (exact) mass is 264 g/mol. The number of carbonyl (C=O) groups is 2. The lowest BCUT2D eigenvalue weighted by Gasteiger charge is -2.22. The SMILES string of the molecule is CCCN(CC1CC1)C(=O)c1cccn1CC(=O)O. The number of aliphatic carboxylic acids is 1. The summed E-state index contributed by atoms with van der Waals surface area (Å²) in [5, 5.41) is 8.84. The predicted molar refractivity (Wildman–Crippen MR) is 71.0 cm³/mol. The Bertz CT molecular complexity index is 463. The Kier molecular flexibility index (Phi) is 4.24. The van der Waals surface area contributed by atoms with E-state index in [1.165, 1.54) is 17.4 Å². The standard InChI is InChI=1S/C14H20N2O3/c1-2-7-16(9-11-5-6-11)14(19)12-4-3-8-15(12)10-13(17)18/h3-4,8,11H,2,5-7,9-10H2,1H3,(H,17,18). The third-order valence-corrected chi connectivity index (χ3v) is 3.31. The van der Waals surface area contributed by atoms with Crippen molar-refractivity contribution in [2.24, 2.45) is 5.92 Å². The fourth-order valence-corrected chi connectivity index (χ4v) is 2.21. The van der Waals surface area contributed by atoms with Crippen molar-refractivity contribution in [3.63, 3.8) is 0 Å². The molecule has 104 valence electrons. The molecule has 1 saturated carbocycles. The Labute approximate surface area is 112 Å². The van der Waals surface area contributed by atoms with E-state index in [2.05, 4.69) is 0 Å². The molecule has 2 rings (SSSR count). The van der Waals surface area contributed by atoms with Crippen LogP contribution in [0, 0.1) is 5.92 Å². The Hall–Kier alpha value is -1.78. The lowest BCUT2D eigenvalue weighted by Crippen LogP contribution is -2.35. The molecule has 0 unspecified atom stereocenters. The molecule has 1 aliphatic rings. The largest absolute Gasteiger partial charge is 0.480 e. The van der Waals surface area contributed by atoms with Crippen molar-refractivity contribution >= 4 is 11.9 Å². The summed E-state index contributed by atoms with van der Waals surface area (Å²) in [6.45, 7) is 3.40. The molecule has 0 atom stereocenters. The second kappa shape index (κ2) is 5.91. The summed E-state index contributed by atoms with van der Waals surface area (Å²) in [6, 6.07) is 3.41. The maximum Gasteiger partial charge on any atom is 0.323 e. The molecule has 1 fully saturated rings. The molecular formula is C14H20N2O3. The molecular weight excluding hydrogens is 244 g/mol. The molecule has 0 saturated heterocycles. The number of hydrogen-bond donors (Lipinski definition) is 1. The zero-order valence-electron chi connectivity index (χ0n) is 11.2. The van der Waals surface area contributed by atoms with Crippen LogP contribution in [0.3, 0.4) is 0 Å². The molecule has 1 amide bonds. The Morgan fingerprint density at radius 1 is 1.47 bits per heavy atom. The van der Waals surface area contributed by atoms with Crippen LogP contribution >= 0.6 is 0 Å². The molecule has 0 aromatic carbocycles. The van der Waals surface area contributed by atoms with Crippen molar-refractivity contribution < 1.29 is 14.7 Å². The highest BCUT2D eigenvalue weighted by Gasteiger charge is 2.27. The van der Waals surface area contributed by atoms with Crippen LogP contribution in [0.4, 0.5) is 0 Å². The lowest BCUT2D eigenvalue weighted by molar-refractivity contribution is -0.137. The quantitative estimate of drug-likeness (QED) is 0.817. The van der Waals surface area contributed by atoms with Gasteiger partial charge < -0.3 is 14.6 Å². The van der Waals surface area contributed by atoms with Gasteiger partial charge in [-0.1, -0.05) is 6.92 Å². The molecule has 5 nitrogen and oxygen atoms in total. The van der Waals surface area contributed by atoms with Crippen LogP contribution in [0.2, 0.25) is 0 Å². The van der Waals surface area contributed by atoms with E-state index >= 15 is 0 Å². The number of carboxylic acids is 1. The summed E-state index contributed by atoms with van der Waals surface area (Å²) in [4.78, 5) is 25.1. The van der Waals surface area contributed by atoms with Gasteiger partial charge in [0, 0.05) is 19.3 Å². The number of hydrogen-bond acceptors (Lipinski definition) is 2. The van der Waals surface area contributed by atoms with Crippen molar-refractivity contribution in [2.75, 3.05) is 13.1 Å². The second-order valence-electron chi connectivity index (χ2n) is 5.11. The summed E-state index contributed by atoms with van der Waals surface area (Å²) >= 11 is 0. The van der Waals surface area contributed by atoms with Gasteiger partial charge in [0.1, 0.15) is 12.2 Å². The van der Waals surface area contributed by atoms with E-state index in [0.717, 1.165) is 19.5 Å². The number of nitrogens with zero attached hydrogens (tertiary/aromatic N) is 2. The highest BCUT2D eigenvalue weighted by atomic mass is 16.4. The lowest BCUT2D eigenvalue weighted by atomic mass is 10.3. The summed E-state index contributed by atoms with van der Waals surface area (Å²) < 4.78 is 1.50. The Morgan fingerprint density at radius 2 is 2.21 bits per heavy atom. The van der Waals surface area contributed by atoms with Gasteiger partial charge in [-0.25, -0.2) is 0 Å². The van der Waals surface area contributed by atoms with E-state index in [4.69, 9.17) is 5.11 Å². The van der Waals surface area contributed by atoms with Crippen LogP contribution in [-0.2, 0) is 11.3 Å². The van der Waals surface area contributed by atoms with Crippen LogP contribution in [0.5, 0.6) is 0 Å². The number of carbonyl (C=O) groups excluding carboxylic acids is 1. The molecule has 0 bridgehead atoms. The minimum Gasteiger partial charge on any atom is -0.480 e. The molecule has 1 aliphatic carbocycles. The highest BCUT2D eigenvalue weighted by molar-refractivity contribution is 5.93. The van der Waals surface area contributed by atoms with Gasteiger partial charge in [-0.05, 0) is 37.3 Å². The van der Waals surface area contributed by atoms with Crippen molar-refractivity contribution in [1.29, 1.82) is 0 Å². The van der Waals surface area contributed by atoms with Crippen molar-refractivity contribution in [3.05, 3.63) is 24.0 Å². The molecule has 0 spiro atoms. The Balaban J connectivity index is 2.10. The van der Waals surface area contributed by atoms with Gasteiger partial charge in [-0.3, -0.25) is 9.59 Å². The van der Waals surface area contributed by atoms with Crippen molar-refractivity contribution in [1.82, 2.24) is 9.47 Å². The predicted octanol–water partition coefficient (Wildman–Crippen LogP) is 1.83. The van der Waals surface area contributed by atoms with E-state index in [-0.39, 0.29) is 12.5 Å². The average Bonchev–Trinajstić information content (AvgIpc) is 3.05. The minimum atomic E-state index is -0.936.